The highest BCUT2D eigenvalue weighted by molar-refractivity contribution is 5.85. The van der Waals surface area contributed by atoms with Gasteiger partial charge in [0.15, 0.2) is 0 Å². The standard InChI is InChI=1S/C14H21N3O.ClH/c15-13-3-1-2-12(10-13)14(18)17-9-6-11-4-7-16-8-5-11;/h4-5,7-8,12-13H,1-3,6,9-10,15H2,(H,17,18);1H. The molecule has 1 aromatic heterocycles. The summed E-state index contributed by atoms with van der Waals surface area (Å²) in [5.41, 5.74) is 7.10. The molecule has 0 spiro atoms. The van der Waals surface area contributed by atoms with E-state index >= 15 is 0 Å². The van der Waals surface area contributed by atoms with Crippen molar-refractivity contribution in [1.29, 1.82) is 0 Å². The molecule has 2 unspecified atom stereocenters. The molecule has 0 saturated heterocycles. The lowest BCUT2D eigenvalue weighted by molar-refractivity contribution is -0.126. The van der Waals surface area contributed by atoms with Crippen LogP contribution in [0.3, 0.4) is 0 Å². The number of pyridine rings is 1. The van der Waals surface area contributed by atoms with Crippen LogP contribution in [0.1, 0.15) is 31.2 Å². The second kappa shape index (κ2) is 8.12. The highest BCUT2D eigenvalue weighted by atomic mass is 35.5. The van der Waals surface area contributed by atoms with Crippen molar-refractivity contribution in [3.8, 4) is 0 Å². The van der Waals surface area contributed by atoms with Gasteiger partial charge in [0.2, 0.25) is 5.91 Å². The average molecular weight is 284 g/mol. The number of nitrogens with zero attached hydrogens (tertiary/aromatic N) is 1. The molecule has 1 aromatic rings. The molecule has 5 heteroatoms. The third-order valence-corrected chi connectivity index (χ3v) is 3.55. The van der Waals surface area contributed by atoms with Crippen LogP contribution in [0.4, 0.5) is 0 Å². The van der Waals surface area contributed by atoms with Crippen molar-refractivity contribution >= 4 is 18.3 Å². The number of aromatic nitrogens is 1. The smallest absolute Gasteiger partial charge is 0.223 e. The Kier molecular flexibility index (Phi) is 6.81. The third kappa shape index (κ3) is 5.17. The zero-order valence-electron chi connectivity index (χ0n) is 11.0. The summed E-state index contributed by atoms with van der Waals surface area (Å²) < 4.78 is 0. The van der Waals surface area contributed by atoms with Gasteiger partial charge < -0.3 is 11.1 Å². The first-order valence-electron chi connectivity index (χ1n) is 6.68. The van der Waals surface area contributed by atoms with Gasteiger partial charge in [-0.3, -0.25) is 9.78 Å². The van der Waals surface area contributed by atoms with Crippen molar-refractivity contribution in [2.45, 2.75) is 38.1 Å². The van der Waals surface area contributed by atoms with Gasteiger partial charge in [0, 0.05) is 30.9 Å². The SMILES string of the molecule is Cl.NC1CCCC(C(=O)NCCc2ccncc2)C1. The first kappa shape index (κ1) is 15.9. The number of rotatable bonds is 4. The van der Waals surface area contributed by atoms with Gasteiger partial charge in [-0.2, -0.15) is 0 Å². The van der Waals surface area contributed by atoms with E-state index in [4.69, 9.17) is 5.73 Å². The van der Waals surface area contributed by atoms with E-state index in [1.807, 2.05) is 12.1 Å². The van der Waals surface area contributed by atoms with Gasteiger partial charge >= 0.3 is 0 Å². The molecule has 0 aromatic carbocycles. The van der Waals surface area contributed by atoms with Gasteiger partial charge in [0.25, 0.3) is 0 Å². The summed E-state index contributed by atoms with van der Waals surface area (Å²) in [4.78, 5) is 15.9. The molecule has 1 heterocycles. The molecule has 1 saturated carbocycles. The first-order valence-corrected chi connectivity index (χ1v) is 6.68. The second-order valence-electron chi connectivity index (χ2n) is 5.02. The van der Waals surface area contributed by atoms with E-state index in [0.717, 1.165) is 32.1 Å². The molecule has 1 aliphatic rings. The Balaban J connectivity index is 0.00000180. The van der Waals surface area contributed by atoms with Crippen LogP contribution < -0.4 is 11.1 Å². The number of carbonyl (C=O) groups is 1. The summed E-state index contributed by atoms with van der Waals surface area (Å²) in [5.74, 6) is 0.283. The minimum atomic E-state index is 0. The van der Waals surface area contributed by atoms with Crippen LogP contribution in [0, 0.1) is 5.92 Å². The van der Waals surface area contributed by atoms with Gasteiger partial charge in [-0.1, -0.05) is 6.42 Å². The van der Waals surface area contributed by atoms with Crippen LogP contribution in [0.15, 0.2) is 24.5 Å². The lowest BCUT2D eigenvalue weighted by atomic mass is 9.85. The van der Waals surface area contributed by atoms with Gasteiger partial charge in [-0.05, 0) is 43.4 Å². The molecular weight excluding hydrogens is 262 g/mol. The Morgan fingerprint density at radius 1 is 1.37 bits per heavy atom. The van der Waals surface area contributed by atoms with Crippen LogP contribution in [-0.4, -0.2) is 23.5 Å². The van der Waals surface area contributed by atoms with Crippen LogP contribution in [0.2, 0.25) is 0 Å². The van der Waals surface area contributed by atoms with Crippen molar-refractivity contribution in [3.05, 3.63) is 30.1 Å². The molecule has 1 aliphatic carbocycles. The maximum Gasteiger partial charge on any atom is 0.223 e. The van der Waals surface area contributed by atoms with Crippen LogP contribution in [0.5, 0.6) is 0 Å². The van der Waals surface area contributed by atoms with E-state index in [1.54, 1.807) is 12.4 Å². The summed E-state index contributed by atoms with van der Waals surface area (Å²) in [6.07, 6.45) is 8.35. The Labute approximate surface area is 120 Å². The number of amides is 1. The number of halogens is 1. The van der Waals surface area contributed by atoms with Crippen LogP contribution in [-0.2, 0) is 11.2 Å². The fourth-order valence-corrected chi connectivity index (χ4v) is 2.49. The van der Waals surface area contributed by atoms with Gasteiger partial charge in [-0.15, -0.1) is 12.4 Å². The zero-order valence-corrected chi connectivity index (χ0v) is 11.9. The summed E-state index contributed by atoms with van der Waals surface area (Å²) in [6.45, 7) is 0.689. The summed E-state index contributed by atoms with van der Waals surface area (Å²) >= 11 is 0. The monoisotopic (exact) mass is 283 g/mol. The maximum atomic E-state index is 12.0. The molecule has 19 heavy (non-hydrogen) atoms. The molecule has 0 radical (unpaired) electrons. The number of carbonyl (C=O) groups excluding carboxylic acids is 1. The molecule has 3 N–H and O–H groups in total. The minimum absolute atomic E-state index is 0. The van der Waals surface area contributed by atoms with Gasteiger partial charge in [0.1, 0.15) is 0 Å². The van der Waals surface area contributed by atoms with Crippen LogP contribution in [0.25, 0.3) is 0 Å². The van der Waals surface area contributed by atoms with Crippen molar-refractivity contribution < 1.29 is 4.79 Å². The molecule has 1 amide bonds. The Morgan fingerprint density at radius 3 is 2.79 bits per heavy atom. The maximum absolute atomic E-state index is 12.0. The quantitative estimate of drug-likeness (QED) is 0.883. The minimum Gasteiger partial charge on any atom is -0.356 e. The largest absolute Gasteiger partial charge is 0.356 e. The average Bonchev–Trinajstić information content (AvgIpc) is 2.40. The highest BCUT2D eigenvalue weighted by Gasteiger charge is 2.24. The zero-order chi connectivity index (χ0) is 12.8. The fraction of sp³-hybridized carbons (Fsp3) is 0.571. The second-order valence-corrected chi connectivity index (χ2v) is 5.02. The molecule has 1 fully saturated rings. The number of hydrogen-bond acceptors (Lipinski definition) is 3. The normalized spacial score (nSPS) is 22.4. The van der Waals surface area contributed by atoms with E-state index < -0.39 is 0 Å². The van der Waals surface area contributed by atoms with Crippen molar-refractivity contribution in [1.82, 2.24) is 10.3 Å². The van der Waals surface area contributed by atoms with Crippen LogP contribution >= 0.6 is 12.4 Å². The van der Waals surface area contributed by atoms with Crippen molar-refractivity contribution in [2.75, 3.05) is 6.54 Å². The van der Waals surface area contributed by atoms with Crippen molar-refractivity contribution in [3.63, 3.8) is 0 Å². The number of nitrogens with two attached hydrogens (primary N) is 1. The van der Waals surface area contributed by atoms with Crippen molar-refractivity contribution in [2.24, 2.45) is 11.7 Å². The van der Waals surface area contributed by atoms with Gasteiger partial charge in [0.05, 0.1) is 0 Å². The predicted octanol–water partition coefficient (Wildman–Crippen LogP) is 1.68. The fourth-order valence-electron chi connectivity index (χ4n) is 2.49. The molecule has 2 atom stereocenters. The van der Waals surface area contributed by atoms with E-state index in [-0.39, 0.29) is 30.3 Å². The third-order valence-electron chi connectivity index (χ3n) is 3.55. The summed E-state index contributed by atoms with van der Waals surface area (Å²) in [7, 11) is 0. The Hall–Kier alpha value is -1.13. The molecule has 2 rings (SSSR count). The highest BCUT2D eigenvalue weighted by Crippen LogP contribution is 2.22. The molecule has 0 aliphatic heterocycles. The summed E-state index contributed by atoms with van der Waals surface area (Å²) in [5, 5.41) is 3.01. The predicted molar refractivity (Wildman–Crippen MR) is 78.1 cm³/mol. The molecule has 106 valence electrons. The molecule has 4 nitrogen and oxygen atoms in total. The Morgan fingerprint density at radius 2 is 2.11 bits per heavy atom. The lowest BCUT2D eigenvalue weighted by Crippen LogP contribution is -2.38. The number of hydrogen-bond donors (Lipinski definition) is 2. The molecular formula is C14H22ClN3O. The topological polar surface area (TPSA) is 68.0 Å². The molecule has 0 bridgehead atoms. The Bertz CT molecular complexity index is 386. The van der Waals surface area contributed by atoms with E-state index in [9.17, 15) is 4.79 Å². The van der Waals surface area contributed by atoms with E-state index in [2.05, 4.69) is 10.3 Å². The lowest BCUT2D eigenvalue weighted by Gasteiger charge is -2.25. The number of nitrogens with one attached hydrogen (secondary N) is 1. The summed E-state index contributed by atoms with van der Waals surface area (Å²) in [6, 6.07) is 4.15. The van der Waals surface area contributed by atoms with E-state index in [1.165, 1.54) is 5.56 Å². The van der Waals surface area contributed by atoms with Gasteiger partial charge in [-0.25, -0.2) is 0 Å². The first-order chi connectivity index (χ1) is 8.75. The van der Waals surface area contributed by atoms with E-state index in [0.29, 0.717) is 6.54 Å².